The standard InChI is InChI=1S/C20H16Cl2N2O3S/c1-13-2-9-17(10-3-13)28(26,27)24-19-11-6-15(22)12-18(19)20(25)23-16-7-4-14(21)5-8-16/h2-12,24H,1H3,(H,23,25). The lowest BCUT2D eigenvalue weighted by molar-refractivity contribution is 0.102. The van der Waals surface area contributed by atoms with Gasteiger partial charge < -0.3 is 5.32 Å². The number of rotatable bonds is 5. The van der Waals surface area contributed by atoms with Crippen LogP contribution in [0.15, 0.2) is 71.6 Å². The molecule has 0 unspecified atom stereocenters. The second kappa shape index (κ2) is 8.22. The number of anilines is 2. The Morgan fingerprint density at radius 1 is 0.857 bits per heavy atom. The monoisotopic (exact) mass is 434 g/mol. The lowest BCUT2D eigenvalue weighted by Crippen LogP contribution is -2.18. The Morgan fingerprint density at radius 3 is 2.11 bits per heavy atom. The second-order valence-electron chi connectivity index (χ2n) is 6.07. The molecular weight excluding hydrogens is 419 g/mol. The molecule has 0 saturated heterocycles. The van der Waals surface area contributed by atoms with Gasteiger partial charge in [0.25, 0.3) is 15.9 Å². The summed E-state index contributed by atoms with van der Waals surface area (Å²) in [5.74, 6) is -0.508. The Labute approximate surface area is 173 Å². The molecule has 1 amide bonds. The highest BCUT2D eigenvalue weighted by Crippen LogP contribution is 2.25. The van der Waals surface area contributed by atoms with E-state index in [-0.39, 0.29) is 16.1 Å². The van der Waals surface area contributed by atoms with E-state index in [1.165, 1.54) is 30.3 Å². The molecule has 28 heavy (non-hydrogen) atoms. The average molecular weight is 435 g/mol. The van der Waals surface area contributed by atoms with Gasteiger partial charge in [-0.1, -0.05) is 40.9 Å². The van der Waals surface area contributed by atoms with Crippen LogP contribution in [-0.4, -0.2) is 14.3 Å². The van der Waals surface area contributed by atoms with Gasteiger partial charge >= 0.3 is 0 Å². The van der Waals surface area contributed by atoms with Crippen LogP contribution >= 0.6 is 23.2 Å². The molecule has 0 spiro atoms. The van der Waals surface area contributed by atoms with Crippen LogP contribution in [0.3, 0.4) is 0 Å². The molecule has 0 saturated carbocycles. The first kappa shape index (κ1) is 20.2. The third-order valence-corrected chi connectivity index (χ3v) is 5.77. The van der Waals surface area contributed by atoms with Crippen molar-refractivity contribution in [3.63, 3.8) is 0 Å². The Hall–Kier alpha value is -2.54. The van der Waals surface area contributed by atoms with Gasteiger partial charge in [0.2, 0.25) is 0 Å². The number of sulfonamides is 1. The summed E-state index contributed by atoms with van der Waals surface area (Å²) in [5.41, 5.74) is 1.67. The number of nitrogens with one attached hydrogen (secondary N) is 2. The summed E-state index contributed by atoms with van der Waals surface area (Å²) in [6, 6.07) is 17.3. The van der Waals surface area contributed by atoms with Crippen molar-refractivity contribution in [1.29, 1.82) is 0 Å². The summed E-state index contributed by atoms with van der Waals surface area (Å²) in [6.07, 6.45) is 0. The van der Waals surface area contributed by atoms with Crippen molar-refractivity contribution in [2.75, 3.05) is 10.0 Å². The molecule has 8 heteroatoms. The van der Waals surface area contributed by atoms with Gasteiger partial charge in [0.05, 0.1) is 16.1 Å². The zero-order chi connectivity index (χ0) is 20.3. The topological polar surface area (TPSA) is 75.3 Å². The lowest BCUT2D eigenvalue weighted by Gasteiger charge is -2.13. The fourth-order valence-electron chi connectivity index (χ4n) is 2.45. The molecule has 3 rings (SSSR count). The first-order valence-corrected chi connectivity index (χ1v) is 10.4. The smallest absolute Gasteiger partial charge is 0.261 e. The van der Waals surface area contributed by atoms with Crippen molar-refractivity contribution in [2.24, 2.45) is 0 Å². The highest BCUT2D eigenvalue weighted by atomic mass is 35.5. The van der Waals surface area contributed by atoms with Gasteiger partial charge in [0, 0.05) is 15.7 Å². The van der Waals surface area contributed by atoms with E-state index in [2.05, 4.69) is 10.0 Å². The molecule has 144 valence electrons. The van der Waals surface area contributed by atoms with Gasteiger partial charge in [0.1, 0.15) is 0 Å². The third-order valence-electron chi connectivity index (χ3n) is 3.90. The minimum Gasteiger partial charge on any atom is -0.322 e. The number of carbonyl (C=O) groups is 1. The molecule has 0 fully saturated rings. The van der Waals surface area contributed by atoms with Gasteiger partial charge in [-0.2, -0.15) is 0 Å². The van der Waals surface area contributed by atoms with Crippen LogP contribution in [-0.2, 0) is 10.0 Å². The zero-order valence-electron chi connectivity index (χ0n) is 14.7. The van der Waals surface area contributed by atoms with Crippen LogP contribution in [0.2, 0.25) is 10.0 Å². The van der Waals surface area contributed by atoms with E-state index in [0.29, 0.717) is 15.7 Å². The van der Waals surface area contributed by atoms with Crippen molar-refractivity contribution in [2.45, 2.75) is 11.8 Å². The number of carbonyl (C=O) groups excluding carboxylic acids is 1. The first-order valence-electron chi connectivity index (χ1n) is 8.20. The maximum absolute atomic E-state index is 12.7. The van der Waals surface area contributed by atoms with E-state index in [0.717, 1.165) is 5.56 Å². The first-order chi connectivity index (χ1) is 13.2. The Bertz CT molecular complexity index is 1110. The third kappa shape index (κ3) is 4.84. The van der Waals surface area contributed by atoms with Crippen molar-refractivity contribution >= 4 is 50.5 Å². The Morgan fingerprint density at radius 2 is 1.46 bits per heavy atom. The van der Waals surface area contributed by atoms with E-state index in [9.17, 15) is 13.2 Å². The highest BCUT2D eigenvalue weighted by molar-refractivity contribution is 7.92. The largest absolute Gasteiger partial charge is 0.322 e. The van der Waals surface area contributed by atoms with Crippen molar-refractivity contribution < 1.29 is 13.2 Å². The highest BCUT2D eigenvalue weighted by Gasteiger charge is 2.19. The molecule has 0 aromatic heterocycles. The Balaban J connectivity index is 1.91. The van der Waals surface area contributed by atoms with Crippen LogP contribution in [0.1, 0.15) is 15.9 Å². The van der Waals surface area contributed by atoms with Crippen molar-refractivity contribution in [3.8, 4) is 0 Å². The molecule has 3 aromatic rings. The number of hydrogen-bond donors (Lipinski definition) is 2. The van der Waals surface area contributed by atoms with Crippen LogP contribution in [0.25, 0.3) is 0 Å². The van der Waals surface area contributed by atoms with Gasteiger partial charge in [-0.25, -0.2) is 8.42 Å². The van der Waals surface area contributed by atoms with E-state index in [4.69, 9.17) is 23.2 Å². The van der Waals surface area contributed by atoms with E-state index in [1.807, 2.05) is 6.92 Å². The molecule has 0 aliphatic carbocycles. The predicted octanol–water partition coefficient (Wildman–Crippen LogP) is 5.35. The maximum Gasteiger partial charge on any atom is 0.261 e. The van der Waals surface area contributed by atoms with Crippen LogP contribution in [0.4, 0.5) is 11.4 Å². The summed E-state index contributed by atoms with van der Waals surface area (Å²) in [7, 11) is -3.87. The van der Waals surface area contributed by atoms with E-state index >= 15 is 0 Å². The molecule has 5 nitrogen and oxygen atoms in total. The van der Waals surface area contributed by atoms with Gasteiger partial charge in [-0.15, -0.1) is 0 Å². The van der Waals surface area contributed by atoms with E-state index < -0.39 is 15.9 Å². The van der Waals surface area contributed by atoms with Gasteiger partial charge in [-0.05, 0) is 61.5 Å². The lowest BCUT2D eigenvalue weighted by atomic mass is 10.1. The zero-order valence-corrected chi connectivity index (χ0v) is 17.1. The maximum atomic E-state index is 12.7. The molecule has 3 aromatic carbocycles. The summed E-state index contributed by atoms with van der Waals surface area (Å²) in [5, 5.41) is 3.53. The molecular formula is C20H16Cl2N2O3S. The number of halogens is 2. The molecule has 2 N–H and O–H groups in total. The SMILES string of the molecule is Cc1ccc(S(=O)(=O)Nc2ccc(Cl)cc2C(=O)Nc2ccc(Cl)cc2)cc1. The summed E-state index contributed by atoms with van der Waals surface area (Å²) >= 11 is 11.9. The van der Waals surface area contributed by atoms with Crippen molar-refractivity contribution in [3.05, 3.63) is 87.9 Å². The van der Waals surface area contributed by atoms with Gasteiger partial charge in [-0.3, -0.25) is 9.52 Å². The summed E-state index contributed by atoms with van der Waals surface area (Å²) in [6.45, 7) is 1.86. The minimum absolute atomic E-state index is 0.0945. The van der Waals surface area contributed by atoms with Crippen molar-refractivity contribution in [1.82, 2.24) is 0 Å². The summed E-state index contributed by atoms with van der Waals surface area (Å²) < 4.78 is 27.8. The predicted molar refractivity (Wildman–Crippen MR) is 113 cm³/mol. The fourth-order valence-corrected chi connectivity index (χ4v) is 3.82. The fraction of sp³-hybridized carbons (Fsp3) is 0.0500. The normalized spacial score (nSPS) is 11.1. The molecule has 0 aliphatic heterocycles. The Kier molecular flexibility index (Phi) is 5.93. The molecule has 0 heterocycles. The number of benzene rings is 3. The van der Waals surface area contributed by atoms with Crippen LogP contribution in [0, 0.1) is 6.92 Å². The molecule has 0 bridgehead atoms. The average Bonchev–Trinajstić information content (AvgIpc) is 2.65. The minimum atomic E-state index is -3.87. The van der Waals surface area contributed by atoms with Gasteiger partial charge in [0.15, 0.2) is 0 Å². The quantitative estimate of drug-likeness (QED) is 0.567. The molecule has 0 radical (unpaired) electrons. The molecule has 0 aliphatic rings. The van der Waals surface area contributed by atoms with Crippen LogP contribution < -0.4 is 10.0 Å². The number of aryl methyl sites for hydroxylation is 1. The van der Waals surface area contributed by atoms with E-state index in [1.54, 1.807) is 36.4 Å². The molecule has 0 atom stereocenters. The van der Waals surface area contributed by atoms with Crippen LogP contribution in [0.5, 0.6) is 0 Å². The number of amides is 1. The summed E-state index contributed by atoms with van der Waals surface area (Å²) in [4.78, 5) is 12.8. The number of hydrogen-bond acceptors (Lipinski definition) is 3. The second-order valence-corrected chi connectivity index (χ2v) is 8.62.